The first-order chi connectivity index (χ1) is 14.7. The molecule has 7 nitrogen and oxygen atoms in total. The van der Waals surface area contributed by atoms with Gasteiger partial charge < -0.3 is 9.64 Å². The molecule has 156 valence electrons. The van der Waals surface area contributed by atoms with Gasteiger partial charge in [0.2, 0.25) is 5.91 Å². The fraction of sp³-hybridized carbons (Fsp3) is 0.409. The number of thiophene rings is 1. The van der Waals surface area contributed by atoms with Crippen LogP contribution in [0.25, 0.3) is 0 Å². The molecule has 5 rings (SSSR count). The maximum atomic E-state index is 12.8. The van der Waals surface area contributed by atoms with Crippen molar-refractivity contribution in [3.63, 3.8) is 0 Å². The highest BCUT2D eigenvalue weighted by molar-refractivity contribution is 7.10. The summed E-state index contributed by atoms with van der Waals surface area (Å²) in [6.07, 6.45) is 4.67. The van der Waals surface area contributed by atoms with Crippen LogP contribution in [0.3, 0.4) is 0 Å². The first-order valence-electron chi connectivity index (χ1n) is 10.4. The van der Waals surface area contributed by atoms with Gasteiger partial charge in [-0.1, -0.05) is 6.07 Å². The third-order valence-electron chi connectivity index (χ3n) is 5.77. The van der Waals surface area contributed by atoms with Gasteiger partial charge in [-0.3, -0.25) is 14.4 Å². The van der Waals surface area contributed by atoms with Gasteiger partial charge >= 0.3 is 0 Å². The summed E-state index contributed by atoms with van der Waals surface area (Å²) < 4.78 is 7.62. The van der Waals surface area contributed by atoms with Crippen molar-refractivity contribution in [2.45, 2.75) is 39.0 Å². The van der Waals surface area contributed by atoms with Crippen molar-refractivity contribution >= 4 is 17.2 Å². The highest BCUT2D eigenvalue weighted by atomic mass is 32.1. The number of amides is 1. The van der Waals surface area contributed by atoms with Crippen molar-refractivity contribution in [2.24, 2.45) is 0 Å². The molecule has 0 saturated carbocycles. The molecule has 2 aliphatic heterocycles. The predicted octanol–water partition coefficient (Wildman–Crippen LogP) is 2.71. The maximum Gasteiger partial charge on any atom is 0.224 e. The molecule has 2 aliphatic rings. The number of nitrogens with zero attached hydrogens (tertiary/aromatic N) is 5. The number of rotatable bonds is 5. The van der Waals surface area contributed by atoms with Crippen molar-refractivity contribution in [2.75, 3.05) is 19.7 Å². The Labute approximate surface area is 179 Å². The Kier molecular flexibility index (Phi) is 5.50. The average Bonchev–Trinajstić information content (AvgIpc) is 3.39. The van der Waals surface area contributed by atoms with Crippen LogP contribution in [0.1, 0.15) is 28.0 Å². The maximum absolute atomic E-state index is 12.8. The van der Waals surface area contributed by atoms with E-state index in [-0.39, 0.29) is 5.91 Å². The smallest absolute Gasteiger partial charge is 0.224 e. The molecular formula is C22H25N5O2S. The molecule has 30 heavy (non-hydrogen) atoms. The van der Waals surface area contributed by atoms with E-state index in [0.717, 1.165) is 37.4 Å². The molecule has 1 amide bonds. The number of carbonyl (C=O) groups excluding carboxylic acids is 1. The van der Waals surface area contributed by atoms with Crippen LogP contribution < -0.4 is 4.74 Å². The Morgan fingerprint density at radius 1 is 1.17 bits per heavy atom. The summed E-state index contributed by atoms with van der Waals surface area (Å²) in [7, 11) is 0. The normalized spacial score (nSPS) is 16.5. The number of carbonyl (C=O) groups is 1. The van der Waals surface area contributed by atoms with E-state index in [1.165, 1.54) is 22.3 Å². The quantitative estimate of drug-likeness (QED) is 0.631. The van der Waals surface area contributed by atoms with E-state index < -0.39 is 0 Å². The van der Waals surface area contributed by atoms with Crippen LogP contribution in [-0.2, 0) is 37.4 Å². The molecule has 0 saturated heterocycles. The van der Waals surface area contributed by atoms with Crippen LogP contribution in [0.4, 0.5) is 0 Å². The van der Waals surface area contributed by atoms with Gasteiger partial charge in [0, 0.05) is 43.0 Å². The van der Waals surface area contributed by atoms with Crippen LogP contribution in [-0.4, -0.2) is 50.2 Å². The molecule has 2 aromatic heterocycles. The SMILES string of the molecule is O=C(CCn1cncn1)N1CCOc2ccc(CN3CCc4sccc4C3)cc2C1. The summed E-state index contributed by atoms with van der Waals surface area (Å²) in [4.78, 5) is 22.6. The Hall–Kier alpha value is -2.71. The van der Waals surface area contributed by atoms with Crippen molar-refractivity contribution in [3.8, 4) is 5.75 Å². The van der Waals surface area contributed by atoms with E-state index in [0.29, 0.717) is 32.7 Å². The number of hydrogen-bond acceptors (Lipinski definition) is 6. The molecule has 0 unspecified atom stereocenters. The number of benzene rings is 1. The van der Waals surface area contributed by atoms with Crippen LogP contribution in [0.5, 0.6) is 5.75 Å². The van der Waals surface area contributed by atoms with Crippen molar-refractivity contribution < 1.29 is 9.53 Å². The Balaban J connectivity index is 1.24. The average molecular weight is 424 g/mol. The summed E-state index contributed by atoms with van der Waals surface area (Å²) in [6.45, 7) is 5.29. The fourth-order valence-corrected chi connectivity index (χ4v) is 5.07. The summed E-state index contributed by atoms with van der Waals surface area (Å²) in [5.41, 5.74) is 3.83. The zero-order valence-corrected chi connectivity index (χ0v) is 17.7. The van der Waals surface area contributed by atoms with Gasteiger partial charge in [0.15, 0.2) is 0 Å². The monoisotopic (exact) mass is 423 g/mol. The van der Waals surface area contributed by atoms with Gasteiger partial charge in [-0.15, -0.1) is 11.3 Å². The molecular weight excluding hydrogens is 398 g/mol. The molecule has 0 N–H and O–H groups in total. The standard InChI is InChI=1S/C22H25N5O2S/c28-22(4-7-27-16-23-15-24-27)26-8-9-29-20-2-1-17(11-19(20)14-26)12-25-6-3-21-18(13-25)5-10-30-21/h1-2,5,10-11,15-16H,3-4,6-9,12-14H2. The minimum atomic E-state index is 0.119. The fourth-order valence-electron chi connectivity index (χ4n) is 4.18. The highest BCUT2D eigenvalue weighted by Gasteiger charge is 2.21. The van der Waals surface area contributed by atoms with Gasteiger partial charge in [0.25, 0.3) is 0 Å². The van der Waals surface area contributed by atoms with Crippen LogP contribution in [0.15, 0.2) is 42.3 Å². The second-order valence-corrected chi connectivity index (χ2v) is 8.84. The van der Waals surface area contributed by atoms with Gasteiger partial charge in [-0.2, -0.15) is 5.10 Å². The second kappa shape index (κ2) is 8.57. The summed E-state index contributed by atoms with van der Waals surface area (Å²) >= 11 is 1.87. The molecule has 8 heteroatoms. The number of aryl methyl sites for hydroxylation is 1. The first kappa shape index (κ1) is 19.3. The molecule has 0 radical (unpaired) electrons. The lowest BCUT2D eigenvalue weighted by Gasteiger charge is -2.27. The molecule has 0 bridgehead atoms. The van der Waals surface area contributed by atoms with E-state index >= 15 is 0 Å². The topological polar surface area (TPSA) is 63.5 Å². The number of ether oxygens (including phenoxy) is 1. The molecule has 0 spiro atoms. The van der Waals surface area contributed by atoms with Gasteiger partial charge in [-0.25, -0.2) is 4.98 Å². The largest absolute Gasteiger partial charge is 0.491 e. The van der Waals surface area contributed by atoms with Crippen LogP contribution >= 0.6 is 11.3 Å². The van der Waals surface area contributed by atoms with Gasteiger partial charge in [0.1, 0.15) is 25.0 Å². The predicted molar refractivity (Wildman–Crippen MR) is 114 cm³/mol. The number of hydrogen-bond donors (Lipinski definition) is 0. The third kappa shape index (κ3) is 4.24. The molecule has 0 atom stereocenters. The first-order valence-corrected chi connectivity index (χ1v) is 11.2. The Morgan fingerprint density at radius 2 is 2.13 bits per heavy atom. The van der Waals surface area contributed by atoms with E-state index in [9.17, 15) is 4.79 Å². The second-order valence-electron chi connectivity index (χ2n) is 7.84. The molecule has 1 aromatic carbocycles. The zero-order valence-electron chi connectivity index (χ0n) is 16.9. The van der Waals surface area contributed by atoms with Crippen molar-refractivity contribution in [1.82, 2.24) is 24.6 Å². The lowest BCUT2D eigenvalue weighted by atomic mass is 10.1. The van der Waals surface area contributed by atoms with Gasteiger partial charge in [0.05, 0.1) is 13.1 Å². The lowest BCUT2D eigenvalue weighted by Crippen LogP contribution is -2.33. The lowest BCUT2D eigenvalue weighted by molar-refractivity contribution is -0.132. The molecule has 0 aliphatic carbocycles. The highest BCUT2D eigenvalue weighted by Crippen LogP contribution is 2.28. The minimum Gasteiger partial charge on any atom is -0.491 e. The molecule has 3 aromatic rings. The summed E-state index contributed by atoms with van der Waals surface area (Å²) in [6, 6.07) is 8.68. The third-order valence-corrected chi connectivity index (χ3v) is 6.79. The van der Waals surface area contributed by atoms with Gasteiger partial charge in [-0.05, 0) is 41.1 Å². The van der Waals surface area contributed by atoms with E-state index in [1.807, 2.05) is 16.2 Å². The van der Waals surface area contributed by atoms with E-state index in [4.69, 9.17) is 4.74 Å². The Bertz CT molecular complexity index is 1020. The molecule has 0 fully saturated rings. The minimum absolute atomic E-state index is 0.119. The Morgan fingerprint density at radius 3 is 3.03 bits per heavy atom. The summed E-state index contributed by atoms with van der Waals surface area (Å²) in [5.74, 6) is 1.01. The van der Waals surface area contributed by atoms with Crippen LogP contribution in [0.2, 0.25) is 0 Å². The van der Waals surface area contributed by atoms with E-state index in [1.54, 1.807) is 11.0 Å². The number of aromatic nitrogens is 3. The van der Waals surface area contributed by atoms with Crippen molar-refractivity contribution in [1.29, 1.82) is 0 Å². The van der Waals surface area contributed by atoms with Crippen LogP contribution in [0, 0.1) is 0 Å². The van der Waals surface area contributed by atoms with E-state index in [2.05, 4.69) is 44.6 Å². The van der Waals surface area contributed by atoms with Crippen molar-refractivity contribution in [3.05, 3.63) is 63.9 Å². The number of fused-ring (bicyclic) bond motifs is 2. The molecule has 4 heterocycles. The summed E-state index contributed by atoms with van der Waals surface area (Å²) in [5, 5.41) is 6.27. The zero-order chi connectivity index (χ0) is 20.3.